The van der Waals surface area contributed by atoms with Crippen LogP contribution in [-0.4, -0.2) is 16.8 Å². The summed E-state index contributed by atoms with van der Waals surface area (Å²) in [5.74, 6) is -0.339. The van der Waals surface area contributed by atoms with Gasteiger partial charge in [0.15, 0.2) is 5.70 Å². The lowest BCUT2D eigenvalue weighted by molar-refractivity contribution is -0.385. The van der Waals surface area contributed by atoms with E-state index in [0.29, 0.717) is 11.1 Å². The molecule has 0 saturated carbocycles. The maximum absolute atomic E-state index is 12.1. The second-order valence-corrected chi connectivity index (χ2v) is 6.48. The Hall–Kier alpha value is -4.32. The van der Waals surface area contributed by atoms with Crippen molar-refractivity contribution in [1.82, 2.24) is 0 Å². The van der Waals surface area contributed by atoms with E-state index in [0.717, 1.165) is 11.1 Å². The fourth-order valence-corrected chi connectivity index (χ4v) is 3.02. The molecular weight excluding hydrogens is 380 g/mol. The molecule has 0 radical (unpaired) electrons. The van der Waals surface area contributed by atoms with Gasteiger partial charge in [0.05, 0.1) is 10.5 Å². The van der Waals surface area contributed by atoms with Gasteiger partial charge in [0.2, 0.25) is 5.90 Å². The maximum Gasteiger partial charge on any atom is 0.363 e. The highest BCUT2D eigenvalue weighted by Crippen LogP contribution is 2.23. The quantitative estimate of drug-likeness (QED) is 0.258. The summed E-state index contributed by atoms with van der Waals surface area (Å²) in [6, 6.07) is 23.9. The molecule has 0 aromatic heterocycles. The largest absolute Gasteiger partial charge is 0.402 e. The highest BCUT2D eigenvalue weighted by atomic mass is 16.6. The van der Waals surface area contributed by atoms with Crippen molar-refractivity contribution in [3.63, 3.8) is 0 Å². The van der Waals surface area contributed by atoms with E-state index >= 15 is 0 Å². The number of benzene rings is 3. The normalized spacial score (nSPS) is 14.7. The first kappa shape index (κ1) is 19.0. The van der Waals surface area contributed by atoms with Crippen molar-refractivity contribution in [2.24, 2.45) is 4.99 Å². The zero-order valence-electron chi connectivity index (χ0n) is 15.8. The molecule has 6 heteroatoms. The topological polar surface area (TPSA) is 81.8 Å². The van der Waals surface area contributed by atoms with Gasteiger partial charge in [-0.1, -0.05) is 60.7 Å². The third-order valence-electron chi connectivity index (χ3n) is 4.52. The average Bonchev–Trinajstić information content (AvgIpc) is 3.15. The van der Waals surface area contributed by atoms with Crippen molar-refractivity contribution in [3.05, 3.63) is 118 Å². The molecule has 3 aromatic rings. The summed E-state index contributed by atoms with van der Waals surface area (Å²) in [6.07, 6.45) is 4.58. The molecule has 1 aliphatic rings. The van der Waals surface area contributed by atoms with Gasteiger partial charge in [0.1, 0.15) is 0 Å². The monoisotopic (exact) mass is 396 g/mol. The van der Waals surface area contributed by atoms with E-state index in [2.05, 4.69) is 4.99 Å². The van der Waals surface area contributed by atoms with E-state index < -0.39 is 10.9 Å². The number of esters is 1. The van der Waals surface area contributed by atoms with Gasteiger partial charge in [-0.3, -0.25) is 10.1 Å². The Labute approximate surface area is 172 Å². The lowest BCUT2D eigenvalue weighted by Crippen LogP contribution is -2.05. The van der Waals surface area contributed by atoms with Gasteiger partial charge in [-0.25, -0.2) is 9.79 Å². The molecule has 0 amide bonds. The smallest absolute Gasteiger partial charge is 0.363 e. The Kier molecular flexibility index (Phi) is 5.30. The molecule has 0 aliphatic carbocycles. The number of rotatable bonds is 5. The first-order valence-corrected chi connectivity index (χ1v) is 9.20. The molecule has 3 aromatic carbocycles. The lowest BCUT2D eigenvalue weighted by Gasteiger charge is -2.03. The van der Waals surface area contributed by atoms with Gasteiger partial charge < -0.3 is 4.74 Å². The summed E-state index contributed by atoms with van der Waals surface area (Å²) in [7, 11) is 0. The first-order chi connectivity index (χ1) is 14.6. The summed E-state index contributed by atoms with van der Waals surface area (Å²) < 4.78 is 5.27. The van der Waals surface area contributed by atoms with Crippen LogP contribution >= 0.6 is 0 Å². The Morgan fingerprint density at radius 3 is 2.20 bits per heavy atom. The van der Waals surface area contributed by atoms with Gasteiger partial charge >= 0.3 is 5.97 Å². The summed E-state index contributed by atoms with van der Waals surface area (Å²) in [5, 5.41) is 11.1. The summed E-state index contributed by atoms with van der Waals surface area (Å²) in [6.45, 7) is 0. The van der Waals surface area contributed by atoms with Crippen molar-refractivity contribution in [1.29, 1.82) is 0 Å². The molecule has 0 unspecified atom stereocenters. The number of nitro benzene ring substituents is 1. The number of para-hydroxylation sites is 1. The summed E-state index contributed by atoms with van der Waals surface area (Å²) in [5.41, 5.74) is 3.39. The van der Waals surface area contributed by atoms with Gasteiger partial charge in [-0.15, -0.1) is 0 Å². The fraction of sp³-hybridized carbons (Fsp3) is 0. The number of nitro groups is 1. The molecule has 0 saturated heterocycles. The molecule has 0 fully saturated rings. The van der Waals surface area contributed by atoms with Crippen LogP contribution in [0.2, 0.25) is 0 Å². The Morgan fingerprint density at radius 2 is 1.47 bits per heavy atom. The van der Waals surface area contributed by atoms with Gasteiger partial charge in [0.25, 0.3) is 5.69 Å². The Morgan fingerprint density at radius 1 is 0.833 bits per heavy atom. The third-order valence-corrected chi connectivity index (χ3v) is 4.52. The molecule has 0 spiro atoms. The van der Waals surface area contributed by atoms with Crippen LogP contribution in [0.3, 0.4) is 0 Å². The molecule has 0 bridgehead atoms. The maximum atomic E-state index is 12.1. The highest BCUT2D eigenvalue weighted by Gasteiger charge is 2.23. The molecule has 6 nitrogen and oxygen atoms in total. The zero-order valence-corrected chi connectivity index (χ0v) is 15.8. The van der Waals surface area contributed by atoms with E-state index in [1.54, 1.807) is 30.4 Å². The van der Waals surface area contributed by atoms with Crippen LogP contribution in [0.15, 0.2) is 102 Å². The van der Waals surface area contributed by atoms with E-state index in [1.165, 1.54) is 12.1 Å². The number of carbonyl (C=O) groups excluding carboxylic acids is 1. The summed E-state index contributed by atoms with van der Waals surface area (Å²) in [4.78, 5) is 27.0. The van der Waals surface area contributed by atoms with Crippen molar-refractivity contribution in [3.8, 4) is 11.1 Å². The molecule has 30 heavy (non-hydrogen) atoms. The average molecular weight is 396 g/mol. The summed E-state index contributed by atoms with van der Waals surface area (Å²) >= 11 is 0. The van der Waals surface area contributed by atoms with E-state index in [9.17, 15) is 14.9 Å². The predicted octanol–water partition coefficient (Wildman–Crippen LogP) is 5.16. The Balaban J connectivity index is 1.54. The predicted molar refractivity (Wildman–Crippen MR) is 115 cm³/mol. The van der Waals surface area contributed by atoms with E-state index in [-0.39, 0.29) is 17.3 Å². The minimum absolute atomic E-state index is 0.0103. The standard InChI is InChI=1S/C24H16N2O4/c27-24-21(11-6-10-19-9-4-5-12-22(19)26(28)29)25-23(30-24)20-15-13-18(14-16-20)17-7-2-1-3-8-17/h1-16H/b10-6+,21-11-. The number of nitrogens with zero attached hydrogens (tertiary/aromatic N) is 2. The fourth-order valence-electron chi connectivity index (χ4n) is 3.02. The van der Waals surface area contributed by atoms with Crippen LogP contribution in [-0.2, 0) is 9.53 Å². The van der Waals surface area contributed by atoms with Crippen LogP contribution in [0.5, 0.6) is 0 Å². The SMILES string of the molecule is O=C1OC(c2ccc(-c3ccccc3)cc2)=N/C1=C\C=C\c1ccccc1[N+](=O)[O-]. The zero-order chi connectivity index (χ0) is 20.9. The first-order valence-electron chi connectivity index (χ1n) is 9.20. The lowest BCUT2D eigenvalue weighted by atomic mass is 10.0. The number of allylic oxidation sites excluding steroid dienone is 2. The minimum atomic E-state index is -0.565. The van der Waals surface area contributed by atoms with Gasteiger partial charge in [-0.2, -0.15) is 0 Å². The van der Waals surface area contributed by atoms with Crippen molar-refractivity contribution in [2.75, 3.05) is 0 Å². The molecular formula is C24H16N2O4. The molecule has 0 N–H and O–H groups in total. The Bertz CT molecular complexity index is 1190. The molecule has 4 rings (SSSR count). The number of hydrogen-bond acceptors (Lipinski definition) is 5. The van der Waals surface area contributed by atoms with Crippen LogP contribution in [0, 0.1) is 10.1 Å². The van der Waals surface area contributed by atoms with Crippen LogP contribution in [0.25, 0.3) is 17.2 Å². The van der Waals surface area contributed by atoms with Gasteiger partial charge in [0, 0.05) is 11.6 Å². The molecule has 1 heterocycles. The van der Waals surface area contributed by atoms with E-state index in [4.69, 9.17) is 4.74 Å². The van der Waals surface area contributed by atoms with Crippen LogP contribution in [0.4, 0.5) is 5.69 Å². The molecule has 146 valence electrons. The molecule has 1 aliphatic heterocycles. The van der Waals surface area contributed by atoms with Gasteiger partial charge in [-0.05, 0) is 41.5 Å². The van der Waals surface area contributed by atoms with Crippen molar-refractivity contribution >= 4 is 23.6 Å². The number of carbonyl (C=O) groups is 1. The van der Waals surface area contributed by atoms with Crippen molar-refractivity contribution in [2.45, 2.75) is 0 Å². The number of aliphatic imine (C=N–C) groups is 1. The van der Waals surface area contributed by atoms with Crippen molar-refractivity contribution < 1.29 is 14.5 Å². The van der Waals surface area contributed by atoms with Crippen LogP contribution < -0.4 is 0 Å². The number of cyclic esters (lactones) is 1. The van der Waals surface area contributed by atoms with E-state index in [1.807, 2.05) is 54.6 Å². The highest BCUT2D eigenvalue weighted by molar-refractivity contribution is 6.11. The number of ether oxygens (including phenoxy) is 1. The molecule has 0 atom stereocenters. The number of hydrogen-bond donors (Lipinski definition) is 0. The second kappa shape index (κ2) is 8.36. The minimum Gasteiger partial charge on any atom is -0.402 e. The van der Waals surface area contributed by atoms with Crippen LogP contribution in [0.1, 0.15) is 11.1 Å². The second-order valence-electron chi connectivity index (χ2n) is 6.48. The third kappa shape index (κ3) is 4.07.